The van der Waals surface area contributed by atoms with Gasteiger partial charge in [-0.3, -0.25) is 14.6 Å². The van der Waals surface area contributed by atoms with Gasteiger partial charge in [-0.2, -0.15) is 5.10 Å². The SMILES string of the molecule is Nc1c(-c2n[nH]c(=O)[nH]c2=O)cccc1-c1nc2ccccc2[nH]c1=O. The second-order valence-corrected chi connectivity index (χ2v) is 5.55. The number of aromatic nitrogens is 5. The van der Waals surface area contributed by atoms with E-state index in [9.17, 15) is 14.4 Å². The van der Waals surface area contributed by atoms with Crippen molar-refractivity contribution in [3.63, 3.8) is 0 Å². The summed E-state index contributed by atoms with van der Waals surface area (Å²) in [7, 11) is 0. The zero-order valence-corrected chi connectivity index (χ0v) is 13.2. The zero-order valence-electron chi connectivity index (χ0n) is 13.2. The molecule has 0 radical (unpaired) electrons. The summed E-state index contributed by atoms with van der Waals surface area (Å²) in [5, 5.41) is 5.91. The van der Waals surface area contributed by atoms with Crippen LogP contribution in [0.4, 0.5) is 5.69 Å². The Balaban J connectivity index is 1.97. The van der Waals surface area contributed by atoms with Gasteiger partial charge < -0.3 is 10.7 Å². The molecule has 2 aromatic heterocycles. The first-order chi connectivity index (χ1) is 12.5. The lowest BCUT2D eigenvalue weighted by atomic mass is 10.0. The van der Waals surface area contributed by atoms with Crippen LogP contribution in [0, 0.1) is 0 Å². The number of aromatic amines is 3. The van der Waals surface area contributed by atoms with Crippen molar-refractivity contribution in [3.8, 4) is 22.5 Å². The van der Waals surface area contributed by atoms with E-state index in [0.717, 1.165) is 0 Å². The van der Waals surface area contributed by atoms with Crippen LogP contribution in [0.3, 0.4) is 0 Å². The summed E-state index contributed by atoms with van der Waals surface area (Å²) >= 11 is 0. The molecular weight excluding hydrogens is 336 g/mol. The number of nitrogen functional groups attached to an aromatic ring is 1. The summed E-state index contributed by atoms with van der Waals surface area (Å²) in [6, 6.07) is 11.9. The maximum atomic E-state index is 12.4. The predicted molar refractivity (Wildman–Crippen MR) is 96.7 cm³/mol. The van der Waals surface area contributed by atoms with Crippen LogP contribution in [-0.4, -0.2) is 25.1 Å². The minimum absolute atomic E-state index is 0.0545. The number of hydrogen-bond acceptors (Lipinski definition) is 6. The van der Waals surface area contributed by atoms with E-state index in [2.05, 4.69) is 25.1 Å². The maximum absolute atomic E-state index is 12.4. The van der Waals surface area contributed by atoms with Gasteiger partial charge in [0.05, 0.1) is 16.7 Å². The normalized spacial score (nSPS) is 10.9. The van der Waals surface area contributed by atoms with Crippen LogP contribution >= 0.6 is 0 Å². The standard InChI is InChI=1S/C17H12N6O3/c18-12-8(13-15(24)20-11-7-2-1-6-10(11)19-13)4-3-5-9(12)14-16(25)21-17(26)23-22-14/h1-7H,18H2,(H,20,24)(H2,21,23,25,26). The first-order valence-electron chi connectivity index (χ1n) is 7.62. The summed E-state index contributed by atoms with van der Waals surface area (Å²) in [5.74, 6) is 0. The van der Waals surface area contributed by atoms with Crippen molar-refractivity contribution < 1.29 is 0 Å². The Morgan fingerprint density at radius 2 is 1.50 bits per heavy atom. The van der Waals surface area contributed by atoms with Gasteiger partial charge >= 0.3 is 5.69 Å². The van der Waals surface area contributed by atoms with Gasteiger partial charge in [0.2, 0.25) is 0 Å². The number of benzene rings is 2. The van der Waals surface area contributed by atoms with Crippen LogP contribution < -0.4 is 22.5 Å². The Labute approximate surface area is 144 Å². The molecule has 0 saturated heterocycles. The van der Waals surface area contributed by atoms with Crippen LogP contribution in [0.2, 0.25) is 0 Å². The number of nitrogens with two attached hydrogens (primary N) is 1. The van der Waals surface area contributed by atoms with Gasteiger partial charge in [0.15, 0.2) is 5.69 Å². The fourth-order valence-electron chi connectivity index (χ4n) is 2.72. The Hall–Kier alpha value is -4.01. The van der Waals surface area contributed by atoms with Crippen LogP contribution in [0.15, 0.2) is 56.8 Å². The van der Waals surface area contributed by atoms with E-state index >= 15 is 0 Å². The maximum Gasteiger partial charge on any atom is 0.342 e. The summed E-state index contributed by atoms with van der Waals surface area (Å²) < 4.78 is 0. The molecule has 26 heavy (non-hydrogen) atoms. The average molecular weight is 348 g/mol. The molecule has 9 heteroatoms. The Bertz CT molecular complexity index is 1320. The summed E-state index contributed by atoms with van der Waals surface area (Å²) in [5.41, 5.74) is 6.47. The van der Waals surface area contributed by atoms with E-state index in [-0.39, 0.29) is 22.6 Å². The smallest absolute Gasteiger partial charge is 0.342 e. The highest BCUT2D eigenvalue weighted by atomic mass is 16.2. The number of hydrogen-bond donors (Lipinski definition) is 4. The van der Waals surface area contributed by atoms with Gasteiger partial charge in [0.25, 0.3) is 11.1 Å². The molecule has 0 aliphatic heterocycles. The van der Waals surface area contributed by atoms with Crippen LogP contribution in [-0.2, 0) is 0 Å². The minimum Gasteiger partial charge on any atom is -0.398 e. The summed E-state index contributed by atoms with van der Waals surface area (Å²) in [4.78, 5) is 44.8. The summed E-state index contributed by atoms with van der Waals surface area (Å²) in [6.07, 6.45) is 0. The molecule has 9 nitrogen and oxygen atoms in total. The van der Waals surface area contributed by atoms with Gasteiger partial charge in [0.1, 0.15) is 5.69 Å². The monoisotopic (exact) mass is 348 g/mol. The van der Waals surface area contributed by atoms with Crippen LogP contribution in [0.25, 0.3) is 33.5 Å². The number of rotatable bonds is 2. The molecule has 2 heterocycles. The molecule has 0 saturated carbocycles. The molecule has 4 rings (SSSR count). The Morgan fingerprint density at radius 1 is 0.808 bits per heavy atom. The van der Waals surface area contributed by atoms with Gasteiger partial charge in [-0.1, -0.05) is 30.3 Å². The van der Waals surface area contributed by atoms with Crippen molar-refractivity contribution in [1.29, 1.82) is 0 Å². The molecule has 0 fully saturated rings. The Kier molecular flexibility index (Phi) is 3.47. The van der Waals surface area contributed by atoms with E-state index < -0.39 is 16.8 Å². The van der Waals surface area contributed by atoms with E-state index in [1.807, 2.05) is 0 Å². The van der Waals surface area contributed by atoms with E-state index in [4.69, 9.17) is 5.73 Å². The number of fused-ring (bicyclic) bond motifs is 1. The first kappa shape index (κ1) is 15.5. The molecule has 4 aromatic rings. The third-order valence-electron chi connectivity index (χ3n) is 3.93. The molecule has 0 spiro atoms. The van der Waals surface area contributed by atoms with Crippen LogP contribution in [0.1, 0.15) is 0 Å². The molecule has 0 aliphatic rings. The molecule has 0 atom stereocenters. The van der Waals surface area contributed by atoms with E-state index in [0.29, 0.717) is 16.6 Å². The highest BCUT2D eigenvalue weighted by Gasteiger charge is 2.16. The molecular formula is C17H12N6O3. The van der Waals surface area contributed by atoms with Crippen molar-refractivity contribution in [2.75, 3.05) is 5.73 Å². The quantitative estimate of drug-likeness (QED) is 0.390. The second kappa shape index (κ2) is 5.81. The predicted octanol–water partition coefficient (Wildman–Crippen LogP) is 0.611. The van der Waals surface area contributed by atoms with Gasteiger partial charge in [-0.25, -0.2) is 14.9 Å². The van der Waals surface area contributed by atoms with Crippen molar-refractivity contribution in [2.24, 2.45) is 0 Å². The van der Waals surface area contributed by atoms with E-state index in [1.54, 1.807) is 42.5 Å². The highest BCUT2D eigenvalue weighted by Crippen LogP contribution is 2.30. The molecule has 0 bridgehead atoms. The van der Waals surface area contributed by atoms with Crippen molar-refractivity contribution in [3.05, 3.63) is 73.7 Å². The number of H-pyrrole nitrogens is 3. The largest absolute Gasteiger partial charge is 0.398 e. The van der Waals surface area contributed by atoms with Gasteiger partial charge in [-0.15, -0.1) is 0 Å². The fraction of sp³-hybridized carbons (Fsp3) is 0. The minimum atomic E-state index is -0.721. The van der Waals surface area contributed by atoms with Crippen molar-refractivity contribution >= 4 is 16.7 Å². The molecule has 5 N–H and O–H groups in total. The molecule has 128 valence electrons. The number of para-hydroxylation sites is 3. The number of nitrogens with zero attached hydrogens (tertiary/aromatic N) is 2. The summed E-state index contributed by atoms with van der Waals surface area (Å²) in [6.45, 7) is 0. The fourth-order valence-corrected chi connectivity index (χ4v) is 2.72. The molecule has 0 amide bonds. The lowest BCUT2D eigenvalue weighted by Gasteiger charge is -2.09. The second-order valence-electron chi connectivity index (χ2n) is 5.55. The molecule has 0 aliphatic carbocycles. The number of anilines is 1. The average Bonchev–Trinajstić information content (AvgIpc) is 2.62. The third-order valence-corrected chi connectivity index (χ3v) is 3.93. The van der Waals surface area contributed by atoms with Crippen LogP contribution in [0.5, 0.6) is 0 Å². The lowest BCUT2D eigenvalue weighted by Crippen LogP contribution is -2.25. The van der Waals surface area contributed by atoms with Crippen molar-refractivity contribution in [1.82, 2.24) is 25.1 Å². The third kappa shape index (κ3) is 2.47. The highest BCUT2D eigenvalue weighted by molar-refractivity contribution is 5.87. The zero-order chi connectivity index (χ0) is 18.3. The van der Waals surface area contributed by atoms with Gasteiger partial charge in [0, 0.05) is 11.1 Å². The van der Waals surface area contributed by atoms with Crippen molar-refractivity contribution in [2.45, 2.75) is 0 Å². The lowest BCUT2D eigenvalue weighted by molar-refractivity contribution is 0.898. The van der Waals surface area contributed by atoms with E-state index in [1.165, 1.54) is 0 Å². The topological polar surface area (TPSA) is 150 Å². The molecule has 2 aromatic carbocycles. The first-order valence-corrected chi connectivity index (χ1v) is 7.62. The molecule has 0 unspecified atom stereocenters. The van der Waals surface area contributed by atoms with Gasteiger partial charge in [-0.05, 0) is 12.1 Å². The number of nitrogens with one attached hydrogen (secondary N) is 3. The Morgan fingerprint density at radius 3 is 2.27 bits per heavy atom.